The van der Waals surface area contributed by atoms with E-state index < -0.39 is 0 Å². The zero-order valence-electron chi connectivity index (χ0n) is 9.60. The normalized spacial score (nSPS) is 12.4. The van der Waals surface area contributed by atoms with E-state index in [4.69, 9.17) is 0 Å². The van der Waals surface area contributed by atoms with Crippen molar-refractivity contribution in [1.29, 1.82) is 0 Å². The highest BCUT2D eigenvalue weighted by atomic mass is 19.1. The fourth-order valence-electron chi connectivity index (χ4n) is 1.56. The van der Waals surface area contributed by atoms with E-state index in [0.29, 0.717) is 6.54 Å². The first-order chi connectivity index (χ1) is 8.25. The zero-order valence-corrected chi connectivity index (χ0v) is 9.60. The van der Waals surface area contributed by atoms with E-state index in [1.54, 1.807) is 24.5 Å². The number of rotatable bonds is 4. The van der Waals surface area contributed by atoms with Crippen molar-refractivity contribution in [2.75, 3.05) is 0 Å². The summed E-state index contributed by atoms with van der Waals surface area (Å²) in [6.45, 7) is 2.55. The molecular formula is C13H14FN3. The minimum atomic E-state index is -0.216. The van der Waals surface area contributed by atoms with Gasteiger partial charge in [0, 0.05) is 18.4 Å². The molecule has 1 atom stereocenters. The molecule has 17 heavy (non-hydrogen) atoms. The third-order valence-electron chi connectivity index (χ3n) is 2.53. The molecule has 0 saturated heterocycles. The van der Waals surface area contributed by atoms with Gasteiger partial charge in [-0.1, -0.05) is 12.1 Å². The first kappa shape index (κ1) is 11.7. The van der Waals surface area contributed by atoms with Crippen molar-refractivity contribution in [2.24, 2.45) is 0 Å². The van der Waals surface area contributed by atoms with Crippen LogP contribution in [0.4, 0.5) is 4.39 Å². The van der Waals surface area contributed by atoms with Crippen LogP contribution in [0.2, 0.25) is 0 Å². The van der Waals surface area contributed by atoms with Crippen LogP contribution in [0, 0.1) is 5.82 Å². The summed E-state index contributed by atoms with van der Waals surface area (Å²) in [4.78, 5) is 8.23. The van der Waals surface area contributed by atoms with Crippen LogP contribution in [0.25, 0.3) is 0 Å². The Hall–Kier alpha value is -1.81. The van der Waals surface area contributed by atoms with Crippen LogP contribution in [-0.4, -0.2) is 9.97 Å². The second-order valence-electron chi connectivity index (χ2n) is 3.82. The number of hydrogen-bond donors (Lipinski definition) is 1. The Morgan fingerprint density at radius 3 is 2.71 bits per heavy atom. The first-order valence-electron chi connectivity index (χ1n) is 5.50. The molecule has 0 fully saturated rings. The van der Waals surface area contributed by atoms with Gasteiger partial charge >= 0.3 is 0 Å². The van der Waals surface area contributed by atoms with Crippen molar-refractivity contribution in [1.82, 2.24) is 15.3 Å². The van der Waals surface area contributed by atoms with Crippen LogP contribution in [0.15, 0.2) is 42.7 Å². The van der Waals surface area contributed by atoms with Gasteiger partial charge < -0.3 is 5.32 Å². The molecule has 0 amide bonds. The lowest BCUT2D eigenvalue weighted by atomic mass is 10.1. The van der Waals surface area contributed by atoms with Crippen LogP contribution >= 0.6 is 0 Å². The lowest BCUT2D eigenvalue weighted by Crippen LogP contribution is -2.19. The average Bonchev–Trinajstić information content (AvgIpc) is 2.37. The van der Waals surface area contributed by atoms with Crippen LogP contribution in [0.1, 0.15) is 24.4 Å². The monoisotopic (exact) mass is 231 g/mol. The Bertz CT molecular complexity index is 473. The molecule has 0 bridgehead atoms. The maximum atomic E-state index is 13.0. The molecular weight excluding hydrogens is 217 g/mol. The Labute approximate surface area is 99.7 Å². The molecule has 0 aliphatic heterocycles. The topological polar surface area (TPSA) is 37.8 Å². The van der Waals surface area contributed by atoms with E-state index in [-0.39, 0.29) is 11.9 Å². The van der Waals surface area contributed by atoms with Crippen LogP contribution in [-0.2, 0) is 6.54 Å². The van der Waals surface area contributed by atoms with E-state index in [9.17, 15) is 4.39 Å². The van der Waals surface area contributed by atoms with Crippen molar-refractivity contribution in [3.63, 3.8) is 0 Å². The van der Waals surface area contributed by atoms with Crippen molar-refractivity contribution >= 4 is 0 Å². The number of nitrogens with zero attached hydrogens (tertiary/aromatic N) is 2. The Balaban J connectivity index is 1.96. The van der Waals surface area contributed by atoms with Gasteiger partial charge in [0.1, 0.15) is 11.6 Å². The third-order valence-corrected chi connectivity index (χ3v) is 2.53. The predicted molar refractivity (Wildman–Crippen MR) is 63.7 cm³/mol. The second-order valence-corrected chi connectivity index (χ2v) is 3.82. The summed E-state index contributed by atoms with van der Waals surface area (Å²) in [7, 11) is 0. The maximum Gasteiger partial charge on any atom is 0.141 e. The van der Waals surface area contributed by atoms with Crippen LogP contribution in [0.5, 0.6) is 0 Å². The number of benzene rings is 1. The molecule has 1 N–H and O–H groups in total. The number of hydrogen-bond acceptors (Lipinski definition) is 3. The standard InChI is InChI=1S/C13H14FN3/c1-10(11-4-2-5-12(14)8-11)17-9-13-15-6-3-7-16-13/h2-8,10,17H,9H2,1H3/t10-/m1/s1. The van der Waals surface area contributed by atoms with E-state index in [1.807, 2.05) is 13.0 Å². The van der Waals surface area contributed by atoms with Crippen molar-refractivity contribution < 1.29 is 4.39 Å². The predicted octanol–water partition coefficient (Wildman–Crippen LogP) is 2.47. The fraction of sp³-hybridized carbons (Fsp3) is 0.231. The first-order valence-corrected chi connectivity index (χ1v) is 5.50. The van der Waals surface area contributed by atoms with Crippen LogP contribution in [0.3, 0.4) is 0 Å². The highest BCUT2D eigenvalue weighted by molar-refractivity contribution is 5.19. The number of halogens is 1. The molecule has 0 saturated carbocycles. The summed E-state index contributed by atoms with van der Waals surface area (Å²) < 4.78 is 13.0. The SMILES string of the molecule is C[C@@H](NCc1ncccn1)c1cccc(F)c1. The summed E-state index contributed by atoms with van der Waals surface area (Å²) in [6, 6.07) is 8.42. The van der Waals surface area contributed by atoms with Gasteiger partial charge in [0.05, 0.1) is 6.54 Å². The van der Waals surface area contributed by atoms with E-state index >= 15 is 0 Å². The van der Waals surface area contributed by atoms with Gasteiger partial charge in [-0.15, -0.1) is 0 Å². The Morgan fingerprint density at radius 1 is 1.24 bits per heavy atom. The highest BCUT2D eigenvalue weighted by Gasteiger charge is 2.06. The van der Waals surface area contributed by atoms with Crippen molar-refractivity contribution in [3.8, 4) is 0 Å². The summed E-state index contributed by atoms with van der Waals surface area (Å²) >= 11 is 0. The van der Waals surface area contributed by atoms with Crippen molar-refractivity contribution in [3.05, 3.63) is 59.9 Å². The van der Waals surface area contributed by atoms with Gasteiger partial charge in [-0.3, -0.25) is 0 Å². The fourth-order valence-corrected chi connectivity index (χ4v) is 1.56. The smallest absolute Gasteiger partial charge is 0.141 e. The molecule has 0 aliphatic carbocycles. The quantitative estimate of drug-likeness (QED) is 0.878. The van der Waals surface area contributed by atoms with Gasteiger partial charge in [-0.05, 0) is 30.7 Å². The van der Waals surface area contributed by atoms with Crippen LogP contribution < -0.4 is 5.32 Å². The van der Waals surface area contributed by atoms with Gasteiger partial charge in [0.2, 0.25) is 0 Å². The largest absolute Gasteiger partial charge is 0.303 e. The highest BCUT2D eigenvalue weighted by Crippen LogP contribution is 2.13. The summed E-state index contributed by atoms with van der Waals surface area (Å²) in [6.07, 6.45) is 3.41. The second kappa shape index (κ2) is 5.50. The van der Waals surface area contributed by atoms with Crippen molar-refractivity contribution in [2.45, 2.75) is 19.5 Å². The summed E-state index contributed by atoms with van der Waals surface area (Å²) in [5.74, 6) is 0.517. The van der Waals surface area contributed by atoms with Gasteiger partial charge in [0.15, 0.2) is 0 Å². The Kier molecular flexibility index (Phi) is 3.77. The lowest BCUT2D eigenvalue weighted by Gasteiger charge is -2.13. The van der Waals surface area contributed by atoms with Gasteiger partial charge in [-0.2, -0.15) is 0 Å². The van der Waals surface area contributed by atoms with E-state index in [1.165, 1.54) is 12.1 Å². The Morgan fingerprint density at radius 2 is 2.00 bits per heavy atom. The molecule has 88 valence electrons. The minimum absolute atomic E-state index is 0.0644. The molecule has 3 nitrogen and oxygen atoms in total. The third kappa shape index (κ3) is 3.32. The molecule has 4 heteroatoms. The molecule has 2 aromatic rings. The molecule has 1 heterocycles. The molecule has 0 unspecified atom stereocenters. The maximum absolute atomic E-state index is 13.0. The van der Waals surface area contributed by atoms with Gasteiger partial charge in [-0.25, -0.2) is 14.4 Å². The molecule has 2 rings (SSSR count). The minimum Gasteiger partial charge on any atom is -0.303 e. The molecule has 1 aromatic heterocycles. The number of aromatic nitrogens is 2. The molecule has 0 spiro atoms. The number of nitrogens with one attached hydrogen (secondary N) is 1. The van der Waals surface area contributed by atoms with E-state index in [0.717, 1.165) is 11.4 Å². The van der Waals surface area contributed by atoms with Gasteiger partial charge in [0.25, 0.3) is 0 Å². The summed E-state index contributed by atoms with van der Waals surface area (Å²) in [5.41, 5.74) is 0.918. The molecule has 0 radical (unpaired) electrons. The average molecular weight is 231 g/mol. The zero-order chi connectivity index (χ0) is 12.1. The lowest BCUT2D eigenvalue weighted by molar-refractivity contribution is 0.552. The van der Waals surface area contributed by atoms with E-state index in [2.05, 4.69) is 15.3 Å². The summed E-state index contributed by atoms with van der Waals surface area (Å²) in [5, 5.41) is 3.25. The molecule has 0 aliphatic rings. The molecule has 1 aromatic carbocycles.